The number of halogens is 1. The Bertz CT molecular complexity index is 563. The Morgan fingerprint density at radius 3 is 2.48 bits per heavy atom. The molecule has 0 spiro atoms. The van der Waals surface area contributed by atoms with E-state index in [9.17, 15) is 0 Å². The summed E-state index contributed by atoms with van der Waals surface area (Å²) in [5, 5.41) is 3.59. The van der Waals surface area contributed by atoms with Gasteiger partial charge in [-0.2, -0.15) is 0 Å². The van der Waals surface area contributed by atoms with Gasteiger partial charge in [-0.25, -0.2) is 0 Å². The molecule has 1 aliphatic heterocycles. The summed E-state index contributed by atoms with van der Waals surface area (Å²) in [5.41, 5.74) is 1.37. The number of piperidine rings is 1. The number of benzene rings is 1. The fourth-order valence-corrected chi connectivity index (χ4v) is 3.55. The summed E-state index contributed by atoms with van der Waals surface area (Å²) in [6.07, 6.45) is 4.45. The number of hydrogen-bond acceptors (Lipinski definition) is 4. The van der Waals surface area contributed by atoms with Crippen LogP contribution in [0.5, 0.6) is 0 Å². The fourth-order valence-electron chi connectivity index (χ4n) is 3.55. The van der Waals surface area contributed by atoms with Crippen LogP contribution in [0.1, 0.15) is 24.8 Å². The molecule has 0 radical (unpaired) electrons. The van der Waals surface area contributed by atoms with Gasteiger partial charge in [0.25, 0.3) is 0 Å². The number of nitrogens with zero attached hydrogens (tertiary/aromatic N) is 3. The summed E-state index contributed by atoms with van der Waals surface area (Å²) in [7, 11) is 7.89. The number of guanidine groups is 1. The second-order valence-electron chi connectivity index (χ2n) is 7.64. The maximum absolute atomic E-state index is 5.97. The van der Waals surface area contributed by atoms with Gasteiger partial charge in [0.1, 0.15) is 0 Å². The molecule has 0 bridgehead atoms. The minimum atomic E-state index is 0. The predicted molar refractivity (Wildman–Crippen MR) is 131 cm³/mol. The standard InChI is InChI=1S/C22H38N4O2.HI/c1-23-22(26-13-11-21(12-14-26)28-16-8-15-27-4)24-18-20(25(2)3)17-19-9-6-5-7-10-19;/h5-7,9-10,20-21H,8,11-18H2,1-4H3,(H,23,24);1H. The lowest BCUT2D eigenvalue weighted by molar-refractivity contribution is 0.00987. The molecule has 1 fully saturated rings. The van der Waals surface area contributed by atoms with E-state index in [1.807, 2.05) is 7.05 Å². The van der Waals surface area contributed by atoms with Crippen molar-refractivity contribution in [2.24, 2.45) is 4.99 Å². The van der Waals surface area contributed by atoms with Gasteiger partial charge in [0.05, 0.1) is 6.10 Å². The first kappa shape index (κ1) is 26.1. The number of ether oxygens (including phenoxy) is 2. The van der Waals surface area contributed by atoms with Gasteiger partial charge < -0.3 is 24.6 Å². The van der Waals surface area contributed by atoms with Crippen LogP contribution in [-0.4, -0.2) is 89.0 Å². The molecule has 29 heavy (non-hydrogen) atoms. The van der Waals surface area contributed by atoms with Gasteiger partial charge >= 0.3 is 0 Å². The van der Waals surface area contributed by atoms with Crippen molar-refractivity contribution in [2.45, 2.75) is 37.8 Å². The van der Waals surface area contributed by atoms with Crippen LogP contribution in [0.4, 0.5) is 0 Å². The van der Waals surface area contributed by atoms with Crippen molar-refractivity contribution in [1.82, 2.24) is 15.1 Å². The van der Waals surface area contributed by atoms with Crippen LogP contribution < -0.4 is 5.32 Å². The molecule has 1 aliphatic rings. The second kappa shape index (κ2) is 15.0. The summed E-state index contributed by atoms with van der Waals surface area (Å²) in [5.74, 6) is 0.998. The van der Waals surface area contributed by atoms with Crippen molar-refractivity contribution in [1.29, 1.82) is 0 Å². The molecule has 6 nitrogen and oxygen atoms in total. The van der Waals surface area contributed by atoms with Gasteiger partial charge in [0.15, 0.2) is 5.96 Å². The second-order valence-corrected chi connectivity index (χ2v) is 7.64. The van der Waals surface area contributed by atoms with E-state index in [0.717, 1.165) is 64.5 Å². The van der Waals surface area contributed by atoms with Crippen molar-refractivity contribution in [3.63, 3.8) is 0 Å². The molecule has 1 unspecified atom stereocenters. The first-order chi connectivity index (χ1) is 13.6. The highest BCUT2D eigenvalue weighted by molar-refractivity contribution is 14.0. The monoisotopic (exact) mass is 518 g/mol. The highest BCUT2D eigenvalue weighted by Gasteiger charge is 2.22. The number of rotatable bonds is 10. The number of likely N-dealkylation sites (tertiary alicyclic amines) is 1. The molecule has 0 amide bonds. The molecular formula is C22H39IN4O2. The van der Waals surface area contributed by atoms with Crippen molar-refractivity contribution < 1.29 is 9.47 Å². The molecule has 1 heterocycles. The zero-order chi connectivity index (χ0) is 20.2. The van der Waals surface area contributed by atoms with E-state index in [1.165, 1.54) is 5.56 Å². The van der Waals surface area contributed by atoms with Crippen LogP contribution in [0.2, 0.25) is 0 Å². The third-order valence-electron chi connectivity index (χ3n) is 5.34. The van der Waals surface area contributed by atoms with Crippen LogP contribution in [0, 0.1) is 0 Å². The lowest BCUT2D eigenvalue weighted by Crippen LogP contribution is -2.50. The van der Waals surface area contributed by atoms with E-state index < -0.39 is 0 Å². The van der Waals surface area contributed by atoms with E-state index in [2.05, 4.69) is 64.5 Å². The molecule has 1 N–H and O–H groups in total. The maximum atomic E-state index is 5.97. The summed E-state index contributed by atoms with van der Waals surface area (Å²) in [4.78, 5) is 9.15. The number of hydrogen-bond donors (Lipinski definition) is 1. The van der Waals surface area contributed by atoms with Gasteiger partial charge in [-0.3, -0.25) is 4.99 Å². The summed E-state index contributed by atoms with van der Waals surface area (Å²) in [6.45, 7) is 4.41. The fraction of sp³-hybridized carbons (Fsp3) is 0.682. The minimum Gasteiger partial charge on any atom is -0.385 e. The average molecular weight is 518 g/mol. The molecule has 2 rings (SSSR count). The van der Waals surface area contributed by atoms with E-state index in [1.54, 1.807) is 7.11 Å². The molecule has 0 aromatic heterocycles. The van der Waals surface area contributed by atoms with Crippen LogP contribution in [0.3, 0.4) is 0 Å². The summed E-state index contributed by atoms with van der Waals surface area (Å²) in [6, 6.07) is 11.1. The zero-order valence-electron chi connectivity index (χ0n) is 18.5. The van der Waals surface area contributed by atoms with E-state index >= 15 is 0 Å². The van der Waals surface area contributed by atoms with Crippen LogP contribution in [0.25, 0.3) is 0 Å². The quantitative estimate of drug-likeness (QED) is 0.224. The van der Waals surface area contributed by atoms with Crippen molar-refractivity contribution >= 4 is 29.9 Å². The predicted octanol–water partition coefficient (Wildman–Crippen LogP) is 2.87. The average Bonchev–Trinajstić information content (AvgIpc) is 2.72. The SMILES string of the molecule is CN=C(NCC(Cc1ccccc1)N(C)C)N1CCC(OCCCOC)CC1.I. The molecule has 1 saturated heterocycles. The smallest absolute Gasteiger partial charge is 0.193 e. The first-order valence-electron chi connectivity index (χ1n) is 10.4. The highest BCUT2D eigenvalue weighted by Crippen LogP contribution is 2.14. The molecular weight excluding hydrogens is 479 g/mol. The summed E-state index contributed by atoms with van der Waals surface area (Å²) < 4.78 is 11.0. The molecule has 1 atom stereocenters. The Balaban J connectivity index is 0.00000420. The molecule has 1 aromatic rings. The van der Waals surface area contributed by atoms with Crippen LogP contribution >= 0.6 is 24.0 Å². The Morgan fingerprint density at radius 2 is 1.90 bits per heavy atom. The molecule has 166 valence electrons. The third-order valence-corrected chi connectivity index (χ3v) is 5.34. The van der Waals surface area contributed by atoms with Crippen molar-refractivity contribution in [3.05, 3.63) is 35.9 Å². The van der Waals surface area contributed by atoms with Crippen LogP contribution in [0.15, 0.2) is 35.3 Å². The number of nitrogens with one attached hydrogen (secondary N) is 1. The Labute approximate surface area is 194 Å². The molecule has 0 aliphatic carbocycles. The molecule has 7 heteroatoms. The number of methoxy groups -OCH3 is 1. The van der Waals surface area contributed by atoms with E-state index in [-0.39, 0.29) is 24.0 Å². The minimum absolute atomic E-state index is 0. The maximum Gasteiger partial charge on any atom is 0.193 e. The van der Waals surface area contributed by atoms with Gasteiger partial charge in [0, 0.05) is 53.0 Å². The topological polar surface area (TPSA) is 49.3 Å². The number of likely N-dealkylation sites (N-methyl/N-ethyl adjacent to an activating group) is 1. The highest BCUT2D eigenvalue weighted by atomic mass is 127. The van der Waals surface area contributed by atoms with Gasteiger partial charge in [-0.1, -0.05) is 30.3 Å². The molecule has 1 aromatic carbocycles. The summed E-state index contributed by atoms with van der Waals surface area (Å²) >= 11 is 0. The number of aliphatic imine (C=N–C) groups is 1. The Kier molecular flexibility index (Phi) is 13.5. The van der Waals surface area contributed by atoms with Crippen molar-refractivity contribution in [3.8, 4) is 0 Å². The molecule has 0 saturated carbocycles. The Morgan fingerprint density at radius 1 is 1.21 bits per heavy atom. The Hall–Kier alpha value is -0.900. The zero-order valence-corrected chi connectivity index (χ0v) is 20.8. The lowest BCUT2D eigenvalue weighted by Gasteiger charge is -2.35. The third kappa shape index (κ3) is 9.63. The van der Waals surface area contributed by atoms with Crippen LogP contribution in [-0.2, 0) is 15.9 Å². The van der Waals surface area contributed by atoms with E-state index in [0.29, 0.717) is 12.1 Å². The van der Waals surface area contributed by atoms with Gasteiger partial charge in [0.2, 0.25) is 0 Å². The first-order valence-corrected chi connectivity index (χ1v) is 10.4. The lowest BCUT2D eigenvalue weighted by atomic mass is 10.1. The van der Waals surface area contributed by atoms with Gasteiger partial charge in [-0.05, 0) is 45.3 Å². The largest absolute Gasteiger partial charge is 0.385 e. The normalized spacial score (nSPS) is 16.6. The van der Waals surface area contributed by atoms with Crippen molar-refractivity contribution in [2.75, 3.05) is 61.1 Å². The van der Waals surface area contributed by atoms with Gasteiger partial charge in [-0.15, -0.1) is 24.0 Å². The van der Waals surface area contributed by atoms with E-state index in [4.69, 9.17) is 9.47 Å².